The van der Waals surface area contributed by atoms with E-state index in [9.17, 15) is 4.79 Å². The van der Waals surface area contributed by atoms with Crippen molar-refractivity contribution in [2.75, 3.05) is 13.2 Å². The third-order valence-corrected chi connectivity index (χ3v) is 3.29. The Morgan fingerprint density at radius 2 is 2.17 bits per heavy atom. The number of nitriles is 1. The molecule has 0 bridgehead atoms. The van der Waals surface area contributed by atoms with Gasteiger partial charge in [-0.05, 0) is 33.3 Å². The zero-order valence-corrected chi connectivity index (χ0v) is 14.3. The van der Waals surface area contributed by atoms with Crippen LogP contribution in [0, 0.1) is 18.3 Å². The molecule has 1 rings (SSSR count). The van der Waals surface area contributed by atoms with Crippen LogP contribution in [-0.4, -0.2) is 19.1 Å². The molecule has 0 aromatic heterocycles. The van der Waals surface area contributed by atoms with Crippen LogP contribution in [0.15, 0.2) is 30.0 Å². The summed E-state index contributed by atoms with van der Waals surface area (Å²) < 4.78 is 5.62. The van der Waals surface area contributed by atoms with E-state index in [-0.39, 0.29) is 11.6 Å². The lowest BCUT2D eigenvalue weighted by Crippen LogP contribution is -2.29. The summed E-state index contributed by atoms with van der Waals surface area (Å²) in [6.07, 6.45) is 2.39. The average Bonchev–Trinajstić information content (AvgIpc) is 2.53. The molecule has 0 radical (unpaired) electrons. The molecule has 1 atom stereocenters. The number of benzene rings is 1. The Labute approximate surface area is 138 Å². The maximum absolute atomic E-state index is 12.2. The van der Waals surface area contributed by atoms with Gasteiger partial charge in [-0.1, -0.05) is 24.6 Å². The molecule has 1 unspecified atom stereocenters. The second-order valence-electron chi connectivity index (χ2n) is 5.29. The molecular weight excluding hydrogens is 290 g/mol. The monoisotopic (exact) mass is 315 g/mol. The van der Waals surface area contributed by atoms with Gasteiger partial charge >= 0.3 is 0 Å². The van der Waals surface area contributed by atoms with Gasteiger partial charge < -0.3 is 15.4 Å². The van der Waals surface area contributed by atoms with Crippen molar-refractivity contribution in [1.82, 2.24) is 10.6 Å². The van der Waals surface area contributed by atoms with Crippen molar-refractivity contribution in [2.24, 2.45) is 0 Å². The smallest absolute Gasteiger partial charge is 0.263 e. The van der Waals surface area contributed by atoms with E-state index < -0.39 is 5.91 Å². The number of ether oxygens (including phenoxy) is 1. The lowest BCUT2D eigenvalue weighted by atomic mass is 10.0. The molecule has 0 saturated carbocycles. The Morgan fingerprint density at radius 3 is 2.78 bits per heavy atom. The van der Waals surface area contributed by atoms with E-state index >= 15 is 0 Å². The largest absolute Gasteiger partial charge is 0.494 e. The van der Waals surface area contributed by atoms with Crippen molar-refractivity contribution in [3.8, 4) is 11.8 Å². The van der Waals surface area contributed by atoms with Crippen molar-refractivity contribution in [2.45, 2.75) is 40.2 Å². The van der Waals surface area contributed by atoms with E-state index in [1.807, 2.05) is 52.0 Å². The second kappa shape index (κ2) is 9.52. The first-order chi connectivity index (χ1) is 11.0. The zero-order chi connectivity index (χ0) is 17.2. The summed E-state index contributed by atoms with van der Waals surface area (Å²) >= 11 is 0. The highest BCUT2D eigenvalue weighted by Crippen LogP contribution is 2.26. The molecule has 1 aromatic rings. The van der Waals surface area contributed by atoms with E-state index in [2.05, 4.69) is 10.6 Å². The molecule has 0 heterocycles. The highest BCUT2D eigenvalue weighted by molar-refractivity contribution is 5.97. The maximum atomic E-state index is 12.2. The predicted octanol–water partition coefficient (Wildman–Crippen LogP) is 2.98. The lowest BCUT2D eigenvalue weighted by Gasteiger charge is -2.18. The number of nitrogens with zero attached hydrogens (tertiary/aromatic N) is 1. The summed E-state index contributed by atoms with van der Waals surface area (Å²) in [6.45, 7) is 9.08. The van der Waals surface area contributed by atoms with Gasteiger partial charge in [-0.2, -0.15) is 5.26 Å². The Balaban J connectivity index is 2.88. The highest BCUT2D eigenvalue weighted by atomic mass is 16.5. The molecule has 1 amide bonds. The number of hydrogen-bond donors (Lipinski definition) is 2. The number of carbonyl (C=O) groups excluding carboxylic acids is 1. The molecule has 5 heteroatoms. The number of rotatable bonds is 8. The van der Waals surface area contributed by atoms with E-state index in [0.717, 1.165) is 29.8 Å². The van der Waals surface area contributed by atoms with Crippen LogP contribution in [0.3, 0.4) is 0 Å². The van der Waals surface area contributed by atoms with Gasteiger partial charge in [-0.15, -0.1) is 0 Å². The number of amides is 1. The standard InChI is InChI=1S/C18H25N3O2/c1-5-9-20-12-15(11-19)18(22)21-14(4)16-10-13(3)7-8-17(16)23-6-2/h7-8,10,12,14,20H,5-6,9H2,1-4H3,(H,21,22)/b15-12-. The zero-order valence-electron chi connectivity index (χ0n) is 14.3. The Hall–Kier alpha value is -2.48. The van der Waals surface area contributed by atoms with Gasteiger partial charge in [0.05, 0.1) is 12.6 Å². The maximum Gasteiger partial charge on any atom is 0.263 e. The number of hydrogen-bond acceptors (Lipinski definition) is 4. The van der Waals surface area contributed by atoms with Crippen molar-refractivity contribution >= 4 is 5.91 Å². The number of carbonyl (C=O) groups is 1. The quantitative estimate of drug-likeness (QED) is 0.439. The topological polar surface area (TPSA) is 74.2 Å². The molecule has 0 fully saturated rings. The molecule has 0 aliphatic carbocycles. The fourth-order valence-electron chi connectivity index (χ4n) is 2.11. The van der Waals surface area contributed by atoms with Crippen LogP contribution < -0.4 is 15.4 Å². The highest BCUT2D eigenvalue weighted by Gasteiger charge is 2.17. The first-order valence-corrected chi connectivity index (χ1v) is 7.91. The van der Waals surface area contributed by atoms with Gasteiger partial charge in [0.2, 0.25) is 0 Å². The third kappa shape index (κ3) is 5.67. The Kier molecular flexibility index (Phi) is 7.69. The molecule has 124 valence electrons. The number of nitrogens with one attached hydrogen (secondary N) is 2. The van der Waals surface area contributed by atoms with Crippen LogP contribution in [0.2, 0.25) is 0 Å². The van der Waals surface area contributed by atoms with Crippen molar-refractivity contribution in [3.63, 3.8) is 0 Å². The van der Waals surface area contributed by atoms with Gasteiger partial charge in [0.25, 0.3) is 5.91 Å². The molecule has 0 saturated heterocycles. The van der Waals surface area contributed by atoms with Crippen molar-refractivity contribution < 1.29 is 9.53 Å². The van der Waals surface area contributed by atoms with Crippen molar-refractivity contribution in [1.29, 1.82) is 5.26 Å². The number of aryl methyl sites for hydroxylation is 1. The fourth-order valence-corrected chi connectivity index (χ4v) is 2.11. The van der Waals surface area contributed by atoms with Gasteiger partial charge in [-0.25, -0.2) is 0 Å². The minimum Gasteiger partial charge on any atom is -0.494 e. The lowest BCUT2D eigenvalue weighted by molar-refractivity contribution is -0.117. The van der Waals surface area contributed by atoms with Crippen LogP contribution in [0.25, 0.3) is 0 Å². The SMILES string of the molecule is CCCN/C=C(/C#N)C(=O)NC(C)c1cc(C)ccc1OCC. The van der Waals surface area contributed by atoms with Gasteiger partial charge in [-0.3, -0.25) is 4.79 Å². The molecule has 2 N–H and O–H groups in total. The van der Waals surface area contributed by atoms with Gasteiger partial charge in [0, 0.05) is 18.3 Å². The first-order valence-electron chi connectivity index (χ1n) is 7.91. The van der Waals surface area contributed by atoms with E-state index in [4.69, 9.17) is 10.00 Å². The Morgan fingerprint density at radius 1 is 1.43 bits per heavy atom. The van der Waals surface area contributed by atoms with E-state index in [0.29, 0.717) is 6.61 Å². The Bertz CT molecular complexity index is 603. The summed E-state index contributed by atoms with van der Waals surface area (Å²) in [5, 5.41) is 14.9. The van der Waals surface area contributed by atoms with Gasteiger partial charge in [0.1, 0.15) is 17.4 Å². The fraction of sp³-hybridized carbons (Fsp3) is 0.444. The van der Waals surface area contributed by atoms with Crippen molar-refractivity contribution in [3.05, 3.63) is 41.1 Å². The van der Waals surface area contributed by atoms with Crippen LogP contribution in [0.5, 0.6) is 5.75 Å². The predicted molar refractivity (Wildman–Crippen MR) is 90.9 cm³/mol. The first kappa shape index (κ1) is 18.6. The second-order valence-corrected chi connectivity index (χ2v) is 5.29. The molecule has 0 aliphatic heterocycles. The molecule has 1 aromatic carbocycles. The molecule has 0 spiro atoms. The van der Waals surface area contributed by atoms with E-state index in [1.165, 1.54) is 6.20 Å². The minimum absolute atomic E-state index is 0.0657. The molecular formula is C18H25N3O2. The summed E-state index contributed by atoms with van der Waals surface area (Å²) in [5.74, 6) is 0.352. The van der Waals surface area contributed by atoms with E-state index in [1.54, 1.807) is 0 Å². The molecule has 5 nitrogen and oxygen atoms in total. The normalized spacial score (nSPS) is 12.2. The minimum atomic E-state index is -0.396. The summed E-state index contributed by atoms with van der Waals surface area (Å²) in [5.41, 5.74) is 2.06. The van der Waals surface area contributed by atoms with Crippen LogP contribution in [0.4, 0.5) is 0 Å². The third-order valence-electron chi connectivity index (χ3n) is 3.29. The van der Waals surface area contributed by atoms with Crippen LogP contribution in [0.1, 0.15) is 44.4 Å². The molecule has 0 aliphatic rings. The van der Waals surface area contributed by atoms with Crippen LogP contribution >= 0.6 is 0 Å². The summed E-state index contributed by atoms with van der Waals surface area (Å²) in [4.78, 5) is 12.2. The molecule has 23 heavy (non-hydrogen) atoms. The average molecular weight is 315 g/mol. The summed E-state index contributed by atoms with van der Waals surface area (Å²) in [6, 6.07) is 7.53. The van der Waals surface area contributed by atoms with Gasteiger partial charge in [0.15, 0.2) is 0 Å². The van der Waals surface area contributed by atoms with Crippen LogP contribution in [-0.2, 0) is 4.79 Å². The summed E-state index contributed by atoms with van der Waals surface area (Å²) in [7, 11) is 0.